The summed E-state index contributed by atoms with van der Waals surface area (Å²) in [5, 5.41) is 0.648. The summed E-state index contributed by atoms with van der Waals surface area (Å²) in [5.41, 5.74) is 2.30. The van der Waals surface area contributed by atoms with E-state index >= 15 is 0 Å². The van der Waals surface area contributed by atoms with Crippen molar-refractivity contribution in [1.82, 2.24) is 9.88 Å². The van der Waals surface area contributed by atoms with E-state index in [4.69, 9.17) is 16.3 Å². The number of rotatable bonds is 5. The Hall–Kier alpha value is -2.11. The molecule has 0 bridgehead atoms. The third-order valence-corrected chi connectivity index (χ3v) is 4.41. The molecule has 0 radical (unpaired) electrons. The van der Waals surface area contributed by atoms with E-state index in [2.05, 4.69) is 4.98 Å². The molecule has 0 spiro atoms. The molecule has 2 aromatic rings. The molecule has 126 valence electrons. The van der Waals surface area contributed by atoms with E-state index in [1.165, 1.54) is 0 Å². The summed E-state index contributed by atoms with van der Waals surface area (Å²) >= 11 is 5.99. The van der Waals surface area contributed by atoms with Crippen LogP contribution < -0.4 is 0 Å². The minimum atomic E-state index is -0.314. The summed E-state index contributed by atoms with van der Waals surface area (Å²) in [6.45, 7) is 2.30. The number of H-pyrrole nitrogens is 1. The fourth-order valence-corrected chi connectivity index (χ4v) is 3.06. The molecule has 0 saturated carbocycles. The normalized spacial score (nSPS) is 16.0. The third kappa shape index (κ3) is 3.86. The van der Waals surface area contributed by atoms with Gasteiger partial charge in [0.25, 0.3) is 5.91 Å². The maximum absolute atomic E-state index is 12.5. The number of ether oxygens (including phenoxy) is 1. The number of carbonyl (C=O) groups is 2. The number of carbonyl (C=O) groups excluding carboxylic acids is 2. The Morgan fingerprint density at radius 3 is 2.83 bits per heavy atom. The van der Waals surface area contributed by atoms with E-state index in [9.17, 15) is 9.59 Å². The molecule has 24 heavy (non-hydrogen) atoms. The van der Waals surface area contributed by atoms with Gasteiger partial charge in [0.1, 0.15) is 12.0 Å². The second-order valence-corrected chi connectivity index (χ2v) is 6.26. The zero-order chi connectivity index (χ0) is 16.9. The van der Waals surface area contributed by atoms with E-state index < -0.39 is 0 Å². The molecule has 6 heteroatoms. The lowest BCUT2D eigenvalue weighted by molar-refractivity contribution is -0.109. The van der Waals surface area contributed by atoms with Gasteiger partial charge in [-0.05, 0) is 35.7 Å². The maximum atomic E-state index is 12.5. The standard InChI is InChI=1S/C18H19ClN2O3/c19-16-3-1-2-13(9-16)8-15(12-22)14-10-17(20-11-14)18(23)21-4-6-24-7-5-21/h1-3,9-12,15,20H,4-8H2. The van der Waals surface area contributed by atoms with E-state index in [0.29, 0.717) is 43.4 Å². The van der Waals surface area contributed by atoms with Crippen LogP contribution in [-0.2, 0) is 16.0 Å². The Kier molecular flexibility index (Phi) is 5.33. The first kappa shape index (κ1) is 16.7. The quantitative estimate of drug-likeness (QED) is 0.847. The van der Waals surface area contributed by atoms with E-state index in [1.54, 1.807) is 23.2 Å². The predicted octanol–water partition coefficient (Wildman–Crippen LogP) is 2.67. The van der Waals surface area contributed by atoms with Gasteiger partial charge in [-0.1, -0.05) is 23.7 Å². The minimum absolute atomic E-state index is 0.0584. The highest BCUT2D eigenvalue weighted by Crippen LogP contribution is 2.22. The molecule has 1 fully saturated rings. The number of amides is 1. The number of aldehydes is 1. The summed E-state index contributed by atoms with van der Waals surface area (Å²) in [7, 11) is 0. The fraction of sp³-hybridized carbons (Fsp3) is 0.333. The summed E-state index contributed by atoms with van der Waals surface area (Å²) in [5.74, 6) is -0.372. The largest absolute Gasteiger partial charge is 0.378 e. The van der Waals surface area contributed by atoms with Crippen LogP contribution >= 0.6 is 11.6 Å². The molecule has 1 atom stereocenters. The van der Waals surface area contributed by atoms with Crippen LogP contribution in [0.5, 0.6) is 0 Å². The molecule has 5 nitrogen and oxygen atoms in total. The van der Waals surface area contributed by atoms with Crippen molar-refractivity contribution in [2.75, 3.05) is 26.3 Å². The van der Waals surface area contributed by atoms with Crippen molar-refractivity contribution in [2.24, 2.45) is 0 Å². The highest BCUT2D eigenvalue weighted by molar-refractivity contribution is 6.30. The number of halogens is 1. The van der Waals surface area contributed by atoms with Crippen LogP contribution in [0.25, 0.3) is 0 Å². The molecule has 1 aliphatic heterocycles. The Morgan fingerprint density at radius 1 is 1.33 bits per heavy atom. The Bertz CT molecular complexity index is 723. The van der Waals surface area contributed by atoms with Crippen LogP contribution in [0.1, 0.15) is 27.5 Å². The molecule has 1 aromatic carbocycles. The Morgan fingerprint density at radius 2 is 2.12 bits per heavy atom. The first-order valence-electron chi connectivity index (χ1n) is 7.92. The third-order valence-electron chi connectivity index (χ3n) is 4.17. The van der Waals surface area contributed by atoms with E-state index in [1.807, 2.05) is 18.2 Å². The van der Waals surface area contributed by atoms with Gasteiger partial charge in [0.2, 0.25) is 0 Å². The molecule has 1 amide bonds. The first-order valence-corrected chi connectivity index (χ1v) is 8.30. The van der Waals surface area contributed by atoms with Crippen molar-refractivity contribution >= 4 is 23.8 Å². The second kappa shape index (κ2) is 7.64. The van der Waals surface area contributed by atoms with Gasteiger partial charge in [0.15, 0.2) is 0 Å². The molecule has 3 rings (SSSR count). The smallest absolute Gasteiger partial charge is 0.270 e. The monoisotopic (exact) mass is 346 g/mol. The van der Waals surface area contributed by atoms with Crippen molar-refractivity contribution in [3.63, 3.8) is 0 Å². The second-order valence-electron chi connectivity index (χ2n) is 5.83. The lowest BCUT2D eigenvalue weighted by Gasteiger charge is -2.26. The molecular weight excluding hydrogens is 328 g/mol. The number of benzene rings is 1. The molecule has 2 heterocycles. The molecule has 1 aromatic heterocycles. The number of morpholine rings is 1. The van der Waals surface area contributed by atoms with Gasteiger partial charge in [-0.25, -0.2) is 0 Å². The summed E-state index contributed by atoms with van der Waals surface area (Å²) in [4.78, 5) is 28.7. The first-order chi connectivity index (χ1) is 11.7. The van der Waals surface area contributed by atoms with Crippen LogP contribution in [0.3, 0.4) is 0 Å². The average molecular weight is 347 g/mol. The van der Waals surface area contributed by atoms with Crippen molar-refractivity contribution in [1.29, 1.82) is 0 Å². The lowest BCUT2D eigenvalue weighted by Crippen LogP contribution is -2.40. The summed E-state index contributed by atoms with van der Waals surface area (Å²) in [6.07, 6.45) is 3.19. The van der Waals surface area contributed by atoms with Gasteiger partial charge in [-0.3, -0.25) is 4.79 Å². The maximum Gasteiger partial charge on any atom is 0.270 e. The van der Waals surface area contributed by atoms with E-state index in [0.717, 1.165) is 17.4 Å². The van der Waals surface area contributed by atoms with Gasteiger partial charge < -0.3 is 19.4 Å². The Labute approximate surface area is 145 Å². The lowest BCUT2D eigenvalue weighted by atomic mass is 9.95. The van der Waals surface area contributed by atoms with E-state index in [-0.39, 0.29) is 11.8 Å². The van der Waals surface area contributed by atoms with Crippen LogP contribution in [-0.4, -0.2) is 48.4 Å². The van der Waals surface area contributed by atoms with Gasteiger partial charge >= 0.3 is 0 Å². The summed E-state index contributed by atoms with van der Waals surface area (Å²) < 4.78 is 5.26. The van der Waals surface area contributed by atoms with Gasteiger partial charge in [0, 0.05) is 30.2 Å². The van der Waals surface area contributed by atoms with Crippen molar-refractivity contribution in [2.45, 2.75) is 12.3 Å². The molecular formula is C18H19ClN2O3. The Balaban J connectivity index is 1.72. The summed E-state index contributed by atoms with van der Waals surface area (Å²) in [6, 6.07) is 9.22. The molecule has 0 aliphatic carbocycles. The van der Waals surface area contributed by atoms with Crippen LogP contribution in [0.15, 0.2) is 36.5 Å². The zero-order valence-corrected chi connectivity index (χ0v) is 14.0. The number of nitrogens with one attached hydrogen (secondary N) is 1. The molecule has 1 unspecified atom stereocenters. The van der Waals surface area contributed by atoms with Gasteiger partial charge in [-0.15, -0.1) is 0 Å². The molecule has 1 N–H and O–H groups in total. The van der Waals surface area contributed by atoms with Gasteiger partial charge in [0.05, 0.1) is 13.2 Å². The highest BCUT2D eigenvalue weighted by Gasteiger charge is 2.21. The van der Waals surface area contributed by atoms with Crippen LogP contribution in [0.4, 0.5) is 0 Å². The van der Waals surface area contributed by atoms with Crippen molar-refractivity contribution < 1.29 is 14.3 Å². The predicted molar refractivity (Wildman–Crippen MR) is 91.5 cm³/mol. The number of aromatic amines is 1. The zero-order valence-electron chi connectivity index (χ0n) is 13.2. The number of aromatic nitrogens is 1. The minimum Gasteiger partial charge on any atom is -0.378 e. The van der Waals surface area contributed by atoms with Crippen molar-refractivity contribution in [3.05, 3.63) is 58.4 Å². The SMILES string of the molecule is O=CC(Cc1cccc(Cl)c1)c1c[nH]c(C(=O)N2CCOCC2)c1. The van der Waals surface area contributed by atoms with Crippen molar-refractivity contribution in [3.8, 4) is 0 Å². The van der Waals surface area contributed by atoms with Gasteiger partial charge in [-0.2, -0.15) is 0 Å². The number of hydrogen-bond acceptors (Lipinski definition) is 3. The average Bonchev–Trinajstić information content (AvgIpc) is 3.10. The van der Waals surface area contributed by atoms with Crippen LogP contribution in [0.2, 0.25) is 5.02 Å². The molecule has 1 saturated heterocycles. The molecule has 1 aliphatic rings. The fourth-order valence-electron chi connectivity index (χ4n) is 2.85. The number of hydrogen-bond donors (Lipinski definition) is 1. The van der Waals surface area contributed by atoms with Crippen LogP contribution in [0, 0.1) is 0 Å². The number of nitrogens with zero attached hydrogens (tertiary/aromatic N) is 1. The topological polar surface area (TPSA) is 62.4 Å². The highest BCUT2D eigenvalue weighted by atomic mass is 35.5.